The molecule has 3 N–H and O–H groups in total. The van der Waals surface area contributed by atoms with E-state index in [2.05, 4.69) is 27.1 Å². The predicted molar refractivity (Wildman–Crippen MR) is 106 cm³/mol. The third-order valence-electron chi connectivity index (χ3n) is 3.46. The molecule has 0 atom stereocenters. The van der Waals surface area contributed by atoms with Gasteiger partial charge in [-0.2, -0.15) is 0 Å². The first-order valence-electron chi connectivity index (χ1n) is 7.84. The van der Waals surface area contributed by atoms with E-state index in [0.717, 1.165) is 5.56 Å². The number of pyridine rings is 1. The minimum absolute atomic E-state index is 0.110. The van der Waals surface area contributed by atoms with Crippen LogP contribution in [0.2, 0.25) is 0 Å². The number of thiophene rings is 1. The number of primary amides is 1. The summed E-state index contributed by atoms with van der Waals surface area (Å²) in [4.78, 5) is 27.7. The Balaban J connectivity index is 1.71. The molecule has 0 unspecified atom stereocenters. The largest absolute Gasteiger partial charge is 0.366 e. The quantitative estimate of drug-likeness (QED) is 0.443. The Hall–Kier alpha value is -2.98. The van der Waals surface area contributed by atoms with E-state index in [-0.39, 0.29) is 11.7 Å². The first-order chi connectivity index (χ1) is 13.1. The van der Waals surface area contributed by atoms with Crippen LogP contribution in [0.5, 0.6) is 0 Å². The van der Waals surface area contributed by atoms with Gasteiger partial charge in [0.05, 0.1) is 11.3 Å². The highest BCUT2D eigenvalue weighted by Gasteiger charge is 2.16. The third-order valence-corrected chi connectivity index (χ3v) is 5.26. The number of carbonyl (C=O) groups excluding carboxylic acids is 2. The lowest BCUT2D eigenvalue weighted by Crippen LogP contribution is -2.18. The summed E-state index contributed by atoms with van der Waals surface area (Å²) >= 11 is 2.49. The molecule has 0 radical (unpaired) electrons. The zero-order valence-electron chi connectivity index (χ0n) is 14.2. The number of nitrogens with zero attached hydrogens (tertiary/aromatic N) is 4. The van der Waals surface area contributed by atoms with Crippen LogP contribution in [0.3, 0.4) is 0 Å². The van der Waals surface area contributed by atoms with Gasteiger partial charge in [-0.05, 0) is 23.6 Å². The second-order valence-electron chi connectivity index (χ2n) is 5.31. The molecule has 0 spiro atoms. The van der Waals surface area contributed by atoms with E-state index < -0.39 is 5.91 Å². The zero-order chi connectivity index (χ0) is 19.2. The van der Waals surface area contributed by atoms with Gasteiger partial charge in [-0.15, -0.1) is 28.1 Å². The van der Waals surface area contributed by atoms with Crippen LogP contribution >= 0.6 is 23.1 Å². The Morgan fingerprint density at radius 1 is 1.37 bits per heavy atom. The number of nitrogens with one attached hydrogen (secondary N) is 1. The van der Waals surface area contributed by atoms with Gasteiger partial charge >= 0.3 is 0 Å². The molecule has 3 aromatic rings. The Bertz CT molecular complexity index is 967. The summed E-state index contributed by atoms with van der Waals surface area (Å²) in [5, 5.41) is 13.8. The Labute approximate surface area is 163 Å². The van der Waals surface area contributed by atoms with Gasteiger partial charge in [-0.25, -0.2) is 0 Å². The van der Waals surface area contributed by atoms with Gasteiger partial charge < -0.3 is 11.1 Å². The highest BCUT2D eigenvalue weighted by atomic mass is 32.2. The lowest BCUT2D eigenvalue weighted by atomic mass is 10.3. The number of hydrogen-bond acceptors (Lipinski definition) is 7. The van der Waals surface area contributed by atoms with Crippen LogP contribution in [-0.2, 0) is 11.3 Å². The molecular weight excluding hydrogens is 384 g/mol. The predicted octanol–water partition coefficient (Wildman–Crippen LogP) is 2.42. The van der Waals surface area contributed by atoms with E-state index in [0.29, 0.717) is 28.1 Å². The van der Waals surface area contributed by atoms with Gasteiger partial charge in [0.2, 0.25) is 5.91 Å². The summed E-state index contributed by atoms with van der Waals surface area (Å²) in [6.07, 6.45) is 5.12. The molecule has 27 heavy (non-hydrogen) atoms. The van der Waals surface area contributed by atoms with Crippen molar-refractivity contribution in [3.8, 4) is 11.4 Å². The number of amides is 2. The van der Waals surface area contributed by atoms with Crippen LogP contribution in [0, 0.1) is 0 Å². The Morgan fingerprint density at radius 3 is 2.93 bits per heavy atom. The molecule has 0 aliphatic rings. The van der Waals surface area contributed by atoms with Crippen molar-refractivity contribution < 1.29 is 9.59 Å². The summed E-state index contributed by atoms with van der Waals surface area (Å²) < 4.78 is 1.86. The first kappa shape index (κ1) is 18.8. The summed E-state index contributed by atoms with van der Waals surface area (Å²) in [6, 6.07) is 5.29. The number of carbonyl (C=O) groups is 2. The Kier molecular flexibility index (Phi) is 5.99. The molecule has 0 saturated heterocycles. The molecule has 0 bridgehead atoms. The van der Waals surface area contributed by atoms with Crippen LogP contribution in [0.15, 0.2) is 53.8 Å². The fourth-order valence-corrected chi connectivity index (χ4v) is 3.85. The SMILES string of the molecule is C=CCn1c(SCC(=O)Nc2sccc2C(N)=O)nnc1-c1cccnc1. The van der Waals surface area contributed by atoms with Gasteiger partial charge in [-0.3, -0.25) is 19.1 Å². The maximum absolute atomic E-state index is 12.2. The minimum Gasteiger partial charge on any atom is -0.366 e. The zero-order valence-corrected chi connectivity index (χ0v) is 15.8. The van der Waals surface area contributed by atoms with Crippen LogP contribution in [0.1, 0.15) is 10.4 Å². The molecule has 3 aromatic heterocycles. The van der Waals surface area contributed by atoms with E-state index in [1.165, 1.54) is 23.1 Å². The third kappa shape index (κ3) is 4.41. The van der Waals surface area contributed by atoms with Crippen molar-refractivity contribution in [2.24, 2.45) is 5.73 Å². The lowest BCUT2D eigenvalue weighted by Gasteiger charge is -2.08. The van der Waals surface area contributed by atoms with Gasteiger partial charge in [0.25, 0.3) is 5.91 Å². The average Bonchev–Trinajstić information content (AvgIpc) is 3.28. The van der Waals surface area contributed by atoms with E-state index in [1.807, 2.05) is 16.7 Å². The topological polar surface area (TPSA) is 116 Å². The van der Waals surface area contributed by atoms with Gasteiger partial charge in [-0.1, -0.05) is 17.8 Å². The summed E-state index contributed by atoms with van der Waals surface area (Å²) in [5.41, 5.74) is 6.41. The van der Waals surface area contributed by atoms with E-state index in [1.54, 1.807) is 29.9 Å². The minimum atomic E-state index is -0.578. The number of rotatable bonds is 8. The van der Waals surface area contributed by atoms with Crippen LogP contribution in [-0.4, -0.2) is 37.3 Å². The molecular formula is C17H16N6O2S2. The van der Waals surface area contributed by atoms with Crippen molar-refractivity contribution in [1.82, 2.24) is 19.7 Å². The number of nitrogens with two attached hydrogens (primary N) is 1. The molecule has 2 amide bonds. The standard InChI is InChI=1S/C17H16N6O2S2/c1-2-7-23-15(11-4-3-6-19-9-11)21-22-17(23)27-10-13(24)20-16-12(14(18)25)5-8-26-16/h2-6,8-9H,1,7,10H2,(H2,18,25)(H,20,24). The highest BCUT2D eigenvalue weighted by Crippen LogP contribution is 2.25. The van der Waals surface area contributed by atoms with E-state index >= 15 is 0 Å². The molecule has 3 rings (SSSR count). The molecule has 10 heteroatoms. The molecule has 138 valence electrons. The maximum Gasteiger partial charge on any atom is 0.251 e. The van der Waals surface area contributed by atoms with Crippen molar-refractivity contribution in [2.45, 2.75) is 11.7 Å². The first-order valence-corrected chi connectivity index (χ1v) is 9.71. The monoisotopic (exact) mass is 400 g/mol. The van der Waals surface area contributed by atoms with Crippen LogP contribution < -0.4 is 11.1 Å². The number of thioether (sulfide) groups is 1. The van der Waals surface area contributed by atoms with Crippen molar-refractivity contribution in [2.75, 3.05) is 11.1 Å². The smallest absolute Gasteiger partial charge is 0.251 e. The number of aromatic nitrogens is 4. The van der Waals surface area contributed by atoms with E-state index in [4.69, 9.17) is 5.73 Å². The van der Waals surface area contributed by atoms with Crippen molar-refractivity contribution >= 4 is 39.9 Å². The second-order valence-corrected chi connectivity index (χ2v) is 7.17. The second kappa shape index (κ2) is 8.60. The van der Waals surface area contributed by atoms with Crippen LogP contribution in [0.4, 0.5) is 5.00 Å². The normalized spacial score (nSPS) is 10.5. The van der Waals surface area contributed by atoms with Crippen molar-refractivity contribution in [3.63, 3.8) is 0 Å². The summed E-state index contributed by atoms with van der Waals surface area (Å²) in [6.45, 7) is 4.26. The summed E-state index contributed by atoms with van der Waals surface area (Å²) in [5.74, 6) is -0.0782. The molecule has 0 aliphatic heterocycles. The fraction of sp³-hybridized carbons (Fsp3) is 0.118. The molecule has 0 fully saturated rings. The molecule has 3 heterocycles. The Morgan fingerprint density at radius 2 is 2.22 bits per heavy atom. The molecule has 0 saturated carbocycles. The van der Waals surface area contributed by atoms with Gasteiger partial charge in [0.15, 0.2) is 11.0 Å². The van der Waals surface area contributed by atoms with Crippen molar-refractivity contribution in [1.29, 1.82) is 0 Å². The maximum atomic E-state index is 12.2. The average molecular weight is 400 g/mol. The number of hydrogen-bond donors (Lipinski definition) is 2. The fourth-order valence-electron chi connectivity index (χ4n) is 2.29. The van der Waals surface area contributed by atoms with Crippen molar-refractivity contribution in [3.05, 3.63) is 54.2 Å². The lowest BCUT2D eigenvalue weighted by molar-refractivity contribution is -0.113. The number of allylic oxidation sites excluding steroid dienone is 1. The van der Waals surface area contributed by atoms with Gasteiger partial charge in [0.1, 0.15) is 5.00 Å². The highest BCUT2D eigenvalue weighted by molar-refractivity contribution is 7.99. The summed E-state index contributed by atoms with van der Waals surface area (Å²) in [7, 11) is 0. The molecule has 8 nitrogen and oxygen atoms in total. The van der Waals surface area contributed by atoms with Gasteiger partial charge in [0, 0.05) is 24.5 Å². The number of anilines is 1. The molecule has 0 aliphatic carbocycles. The molecule has 0 aromatic carbocycles. The van der Waals surface area contributed by atoms with E-state index in [9.17, 15) is 9.59 Å². The van der Waals surface area contributed by atoms with Crippen LogP contribution in [0.25, 0.3) is 11.4 Å².